The first-order valence-electron chi connectivity index (χ1n) is 11.2. The predicted octanol–water partition coefficient (Wildman–Crippen LogP) is 4.13. The van der Waals surface area contributed by atoms with Crippen LogP contribution in [-0.2, 0) is 26.2 Å². The Bertz CT molecular complexity index is 1110. The van der Waals surface area contributed by atoms with Gasteiger partial charge in [-0.3, -0.25) is 20.2 Å². The monoisotopic (exact) mass is 565 g/mol. The first-order chi connectivity index (χ1) is 16.5. The summed E-state index contributed by atoms with van der Waals surface area (Å²) >= 11 is 3.34. The minimum Gasteiger partial charge on any atom is -0.289 e. The maximum atomic E-state index is 13.4. The quantitative estimate of drug-likeness (QED) is 0.264. The Balaban J connectivity index is 2.28. The molecule has 0 saturated carbocycles. The number of hydrogen-bond donors (Lipinski definition) is 3. The van der Waals surface area contributed by atoms with Crippen LogP contribution in [0.4, 0.5) is 0 Å². The number of rotatable bonds is 12. The van der Waals surface area contributed by atoms with E-state index >= 15 is 0 Å². The topological polar surface area (TPSA) is 116 Å². The number of nitrogens with one attached hydrogen (secondary N) is 2. The van der Waals surface area contributed by atoms with Gasteiger partial charge in [-0.25, -0.2) is 13.9 Å². The smallest absolute Gasteiger partial charge is 0.247 e. The van der Waals surface area contributed by atoms with E-state index < -0.39 is 33.7 Å². The van der Waals surface area contributed by atoms with E-state index in [1.807, 2.05) is 50.3 Å². The van der Waals surface area contributed by atoms with E-state index in [0.29, 0.717) is 12.0 Å². The Morgan fingerprint density at radius 3 is 2.20 bits per heavy atom. The Hall–Kier alpha value is -2.53. The summed E-state index contributed by atoms with van der Waals surface area (Å²) in [5.41, 5.74) is 5.77. The molecule has 2 rings (SSSR count). The molecule has 2 atom stereocenters. The average molecular weight is 567 g/mol. The average Bonchev–Trinajstić information content (AvgIpc) is 2.81. The molecule has 2 aromatic rings. The molecule has 0 bridgehead atoms. The molecule has 0 radical (unpaired) electrons. The van der Waals surface area contributed by atoms with Crippen molar-refractivity contribution in [2.75, 3.05) is 6.26 Å². The molecule has 3 N–H and O–H groups in total. The van der Waals surface area contributed by atoms with Crippen LogP contribution in [0.1, 0.15) is 37.8 Å². The summed E-state index contributed by atoms with van der Waals surface area (Å²) in [5, 5.41) is 9.35. The van der Waals surface area contributed by atoms with Crippen molar-refractivity contribution in [2.24, 2.45) is 17.8 Å². The van der Waals surface area contributed by atoms with Crippen LogP contribution in [0.25, 0.3) is 6.08 Å². The second-order valence-corrected chi connectivity index (χ2v) is 11.6. The molecular weight excluding hydrogens is 534 g/mol. The van der Waals surface area contributed by atoms with Crippen LogP contribution < -0.4 is 10.9 Å². The molecule has 10 heteroatoms. The van der Waals surface area contributed by atoms with Gasteiger partial charge in [0.25, 0.3) is 0 Å². The highest BCUT2D eigenvalue weighted by Gasteiger charge is 2.35. The van der Waals surface area contributed by atoms with Crippen molar-refractivity contribution in [1.29, 1.82) is 0 Å². The fourth-order valence-corrected chi connectivity index (χ4v) is 4.52. The lowest BCUT2D eigenvalue weighted by Gasteiger charge is -2.28. The van der Waals surface area contributed by atoms with Gasteiger partial charge in [0, 0.05) is 4.47 Å². The molecule has 0 aromatic heterocycles. The Labute approximate surface area is 215 Å². The number of sulfonamides is 1. The zero-order valence-electron chi connectivity index (χ0n) is 20.0. The van der Waals surface area contributed by atoms with Gasteiger partial charge in [-0.05, 0) is 42.0 Å². The minimum absolute atomic E-state index is 0.0380. The van der Waals surface area contributed by atoms with Gasteiger partial charge in [-0.15, -0.1) is 4.41 Å². The third kappa shape index (κ3) is 9.56. The SMILES string of the molecule is CC(C)C[C@@H](C(=O)NN(Cc1ccc(Br)cc1)S(C)(=O)=O)[C@H](C/C=C/c1ccccc1)C(=O)NO. The largest absolute Gasteiger partial charge is 0.289 e. The van der Waals surface area contributed by atoms with Gasteiger partial charge in [-0.2, -0.15) is 0 Å². The van der Waals surface area contributed by atoms with Crippen LogP contribution in [0.3, 0.4) is 0 Å². The predicted molar refractivity (Wildman–Crippen MR) is 139 cm³/mol. The molecule has 0 aliphatic rings. The third-order valence-corrected chi connectivity index (χ3v) is 6.92. The van der Waals surface area contributed by atoms with Crippen molar-refractivity contribution in [2.45, 2.75) is 33.2 Å². The number of carbonyl (C=O) groups is 2. The van der Waals surface area contributed by atoms with Gasteiger partial charge < -0.3 is 0 Å². The lowest BCUT2D eigenvalue weighted by atomic mass is 9.82. The van der Waals surface area contributed by atoms with Gasteiger partial charge in [0.15, 0.2) is 0 Å². The summed E-state index contributed by atoms with van der Waals surface area (Å²) in [6, 6.07) is 16.5. The van der Waals surface area contributed by atoms with E-state index in [-0.39, 0.29) is 18.9 Å². The highest BCUT2D eigenvalue weighted by Crippen LogP contribution is 2.26. The maximum absolute atomic E-state index is 13.4. The molecule has 0 aliphatic carbocycles. The first-order valence-corrected chi connectivity index (χ1v) is 13.8. The molecule has 0 saturated heterocycles. The highest BCUT2D eigenvalue weighted by atomic mass is 79.9. The second kappa shape index (κ2) is 13.5. The summed E-state index contributed by atoms with van der Waals surface area (Å²) in [7, 11) is -3.81. The van der Waals surface area contributed by atoms with Crippen molar-refractivity contribution < 1.29 is 23.2 Å². The minimum atomic E-state index is -3.81. The molecule has 0 fully saturated rings. The highest BCUT2D eigenvalue weighted by molar-refractivity contribution is 9.10. The third-order valence-electron chi connectivity index (χ3n) is 5.37. The summed E-state index contributed by atoms with van der Waals surface area (Å²) in [6.07, 6.45) is 5.10. The lowest BCUT2D eigenvalue weighted by molar-refractivity contribution is -0.142. The van der Waals surface area contributed by atoms with Crippen molar-refractivity contribution in [3.8, 4) is 0 Å². The molecule has 0 aliphatic heterocycles. The van der Waals surface area contributed by atoms with Crippen molar-refractivity contribution in [3.05, 3.63) is 76.3 Å². The van der Waals surface area contributed by atoms with E-state index in [4.69, 9.17) is 0 Å². The molecule has 190 valence electrons. The van der Waals surface area contributed by atoms with Crippen molar-refractivity contribution in [1.82, 2.24) is 15.3 Å². The number of halogens is 1. The van der Waals surface area contributed by atoms with Crippen molar-refractivity contribution in [3.63, 3.8) is 0 Å². The summed E-state index contributed by atoms with van der Waals surface area (Å²) in [4.78, 5) is 25.9. The summed E-state index contributed by atoms with van der Waals surface area (Å²) in [5.74, 6) is -3.06. The van der Waals surface area contributed by atoms with Gasteiger partial charge in [0.05, 0.1) is 24.6 Å². The van der Waals surface area contributed by atoms with Crippen molar-refractivity contribution >= 4 is 43.8 Å². The molecule has 0 unspecified atom stereocenters. The van der Waals surface area contributed by atoms with Crippen LogP contribution in [0.5, 0.6) is 0 Å². The maximum Gasteiger partial charge on any atom is 0.247 e. The normalized spacial score (nSPS) is 13.7. The van der Waals surface area contributed by atoms with E-state index in [1.54, 1.807) is 35.8 Å². The number of allylic oxidation sites excluding steroid dienone is 1. The van der Waals surface area contributed by atoms with E-state index in [0.717, 1.165) is 20.7 Å². The number of hydrazine groups is 1. The van der Waals surface area contributed by atoms with E-state index in [2.05, 4.69) is 21.4 Å². The van der Waals surface area contributed by atoms with E-state index in [1.165, 1.54) is 0 Å². The van der Waals surface area contributed by atoms with Crippen LogP contribution in [0.15, 0.2) is 65.1 Å². The van der Waals surface area contributed by atoms with Gasteiger partial charge >= 0.3 is 0 Å². The number of hydroxylamine groups is 1. The molecule has 2 amide bonds. The van der Waals surface area contributed by atoms with Gasteiger partial charge in [0.2, 0.25) is 21.8 Å². The Morgan fingerprint density at radius 1 is 1.03 bits per heavy atom. The molecule has 8 nitrogen and oxygen atoms in total. The Morgan fingerprint density at radius 2 is 1.66 bits per heavy atom. The molecule has 35 heavy (non-hydrogen) atoms. The van der Waals surface area contributed by atoms with Gasteiger partial charge in [-0.1, -0.05) is 84.4 Å². The number of carbonyl (C=O) groups excluding carboxylic acids is 2. The van der Waals surface area contributed by atoms with E-state index in [9.17, 15) is 23.2 Å². The van der Waals surface area contributed by atoms with Crippen LogP contribution >= 0.6 is 15.9 Å². The summed E-state index contributed by atoms with van der Waals surface area (Å²) < 4.78 is 26.6. The second-order valence-electron chi connectivity index (χ2n) is 8.74. The van der Waals surface area contributed by atoms with Crippen LogP contribution in [-0.4, -0.2) is 36.1 Å². The zero-order chi connectivity index (χ0) is 26.0. The van der Waals surface area contributed by atoms with Crippen LogP contribution in [0, 0.1) is 17.8 Å². The molecule has 2 aromatic carbocycles. The van der Waals surface area contributed by atoms with Gasteiger partial charge in [0.1, 0.15) is 0 Å². The molecule has 0 spiro atoms. The fourth-order valence-electron chi connectivity index (χ4n) is 3.61. The van der Waals surface area contributed by atoms with Crippen LogP contribution in [0.2, 0.25) is 0 Å². The molecular formula is C25H32BrN3O5S. The number of amides is 2. The number of hydrogen-bond acceptors (Lipinski definition) is 5. The molecule has 0 heterocycles. The fraction of sp³-hybridized carbons (Fsp3) is 0.360. The summed E-state index contributed by atoms with van der Waals surface area (Å²) in [6.45, 7) is 3.74. The Kier molecular flexibility index (Phi) is 11.1. The number of benzene rings is 2. The number of nitrogens with zero attached hydrogens (tertiary/aromatic N) is 1. The lowest BCUT2D eigenvalue weighted by Crippen LogP contribution is -2.50. The zero-order valence-corrected chi connectivity index (χ0v) is 22.4. The standard InChI is InChI=1S/C25H32BrN3O5S/c1-18(2)16-23(22(25(31)28-32)11-7-10-19-8-5-4-6-9-19)24(30)27-29(35(3,33)34)17-20-12-14-21(26)15-13-20/h4-10,12-15,18,22-23,32H,11,16-17H2,1-3H3,(H,27,30)(H,28,31)/b10-7+/t22-,23+/m0/s1. The first kappa shape index (κ1) is 28.7.